The Morgan fingerprint density at radius 2 is 1.95 bits per heavy atom. The van der Waals surface area contributed by atoms with Gasteiger partial charge < -0.3 is 14.4 Å². The highest BCUT2D eigenvalue weighted by molar-refractivity contribution is 5.94. The van der Waals surface area contributed by atoms with Crippen LogP contribution in [0.4, 0.5) is 10.6 Å². The quantitative estimate of drug-likeness (QED) is 0.375. The summed E-state index contributed by atoms with van der Waals surface area (Å²) in [5, 5.41) is 9.38. The van der Waals surface area contributed by atoms with Crippen molar-refractivity contribution < 1.29 is 14.3 Å². The van der Waals surface area contributed by atoms with E-state index in [0.717, 1.165) is 91.3 Å². The summed E-state index contributed by atoms with van der Waals surface area (Å²) in [6, 6.07) is 6.81. The molecule has 8 heteroatoms. The number of carbonyl (C=O) groups excluding carboxylic acids is 1. The number of rotatable bonds is 7. The van der Waals surface area contributed by atoms with Crippen LogP contribution in [-0.2, 0) is 16.0 Å². The summed E-state index contributed by atoms with van der Waals surface area (Å²) < 4.78 is 11.9. The van der Waals surface area contributed by atoms with E-state index in [-0.39, 0.29) is 30.2 Å². The Morgan fingerprint density at radius 1 is 1.17 bits per heavy atom. The molecule has 3 fully saturated rings. The Balaban J connectivity index is 1.31. The second-order valence-electron chi connectivity index (χ2n) is 12.7. The fraction of sp³-hybridized carbons (Fsp3) is 0.588. The maximum Gasteiger partial charge on any atom is 0.411 e. The molecule has 5 aliphatic rings. The van der Waals surface area contributed by atoms with Gasteiger partial charge in [0.2, 0.25) is 0 Å². The van der Waals surface area contributed by atoms with Crippen LogP contribution in [0.25, 0.3) is 5.57 Å². The largest absolute Gasteiger partial charge is 0.496 e. The van der Waals surface area contributed by atoms with Gasteiger partial charge in [0.15, 0.2) is 0 Å². The number of aliphatic imine (C=N–C) groups is 1. The maximum absolute atomic E-state index is 13.3. The van der Waals surface area contributed by atoms with Gasteiger partial charge in [-0.2, -0.15) is 5.26 Å². The van der Waals surface area contributed by atoms with E-state index in [2.05, 4.69) is 60.2 Å². The SMILES string of the molecule is COC1=CCC(C2CCC(C#N)CC2)C=C1c1ccc(N2CCC2)nc1CN1C(=O)OC(C2=CC(C)=NC(C)C2)C1C. The summed E-state index contributed by atoms with van der Waals surface area (Å²) in [6.45, 7) is 8.57. The van der Waals surface area contributed by atoms with E-state index in [1.54, 1.807) is 7.11 Å². The average Bonchev–Trinajstić information content (AvgIpc) is 3.24. The lowest BCUT2D eigenvalue weighted by Crippen LogP contribution is -2.38. The molecule has 8 nitrogen and oxygen atoms in total. The van der Waals surface area contributed by atoms with E-state index < -0.39 is 0 Å². The lowest BCUT2D eigenvalue weighted by molar-refractivity contribution is 0.140. The molecule has 1 saturated carbocycles. The van der Waals surface area contributed by atoms with E-state index in [1.165, 1.54) is 6.42 Å². The Labute approximate surface area is 249 Å². The highest BCUT2D eigenvalue weighted by atomic mass is 16.6. The average molecular weight is 570 g/mol. The van der Waals surface area contributed by atoms with Gasteiger partial charge in [-0.05, 0) is 107 Å². The molecule has 1 amide bonds. The molecule has 0 aromatic carbocycles. The first-order valence-electron chi connectivity index (χ1n) is 15.7. The molecule has 222 valence electrons. The molecule has 2 aliphatic carbocycles. The van der Waals surface area contributed by atoms with Crippen LogP contribution in [0.15, 0.2) is 46.7 Å². The van der Waals surface area contributed by atoms with Gasteiger partial charge in [0.1, 0.15) is 17.7 Å². The third-order valence-corrected chi connectivity index (χ3v) is 9.86. The molecule has 4 atom stereocenters. The minimum Gasteiger partial charge on any atom is -0.496 e. The molecule has 6 rings (SSSR count). The van der Waals surface area contributed by atoms with E-state index in [4.69, 9.17) is 14.5 Å². The first-order valence-corrected chi connectivity index (χ1v) is 15.7. The highest BCUT2D eigenvalue weighted by Gasteiger charge is 2.42. The second kappa shape index (κ2) is 11.9. The number of dihydropyridines is 1. The molecule has 1 aromatic heterocycles. The van der Waals surface area contributed by atoms with Gasteiger partial charge in [0, 0.05) is 35.9 Å². The van der Waals surface area contributed by atoms with Crippen molar-refractivity contribution in [3.63, 3.8) is 0 Å². The molecule has 0 N–H and O–H groups in total. The molecular weight excluding hydrogens is 526 g/mol. The lowest BCUT2D eigenvalue weighted by atomic mass is 9.73. The smallest absolute Gasteiger partial charge is 0.411 e. The van der Waals surface area contributed by atoms with Crippen LogP contribution in [0.2, 0.25) is 0 Å². The van der Waals surface area contributed by atoms with Crippen LogP contribution in [0.3, 0.4) is 0 Å². The number of nitriles is 1. The van der Waals surface area contributed by atoms with Crippen molar-refractivity contribution in [3.8, 4) is 6.07 Å². The Kier molecular flexibility index (Phi) is 8.11. The number of allylic oxidation sites excluding steroid dienone is 4. The molecule has 0 bridgehead atoms. The first kappa shape index (κ1) is 28.5. The summed E-state index contributed by atoms with van der Waals surface area (Å²) in [5.74, 6) is 2.97. The number of aromatic nitrogens is 1. The third-order valence-electron chi connectivity index (χ3n) is 9.86. The Bertz CT molecular complexity index is 1380. The Morgan fingerprint density at radius 3 is 2.62 bits per heavy atom. The Hall–Kier alpha value is -3.60. The minimum atomic E-state index is -0.296. The highest BCUT2D eigenvalue weighted by Crippen LogP contribution is 2.42. The molecule has 2 saturated heterocycles. The third kappa shape index (κ3) is 5.58. The molecule has 0 radical (unpaired) electrons. The molecule has 42 heavy (non-hydrogen) atoms. The van der Waals surface area contributed by atoms with Crippen molar-refractivity contribution in [1.29, 1.82) is 5.26 Å². The van der Waals surface area contributed by atoms with Crippen molar-refractivity contribution in [2.24, 2.45) is 22.7 Å². The van der Waals surface area contributed by atoms with Gasteiger partial charge in [-0.25, -0.2) is 9.78 Å². The number of hydrogen-bond acceptors (Lipinski definition) is 7. The minimum absolute atomic E-state index is 0.120. The summed E-state index contributed by atoms with van der Waals surface area (Å²) in [7, 11) is 1.73. The zero-order chi connectivity index (χ0) is 29.4. The van der Waals surface area contributed by atoms with Gasteiger partial charge in [-0.15, -0.1) is 0 Å². The summed E-state index contributed by atoms with van der Waals surface area (Å²) in [6.07, 6.45) is 13.1. The number of anilines is 1. The number of pyridine rings is 1. The second-order valence-corrected chi connectivity index (χ2v) is 12.7. The number of ether oxygens (including phenoxy) is 2. The van der Waals surface area contributed by atoms with Crippen LogP contribution < -0.4 is 4.90 Å². The fourth-order valence-electron chi connectivity index (χ4n) is 7.37. The first-order chi connectivity index (χ1) is 20.3. The van der Waals surface area contributed by atoms with Crippen molar-refractivity contribution in [3.05, 3.63) is 53.0 Å². The van der Waals surface area contributed by atoms with Gasteiger partial charge in [0.05, 0.1) is 37.5 Å². The lowest BCUT2D eigenvalue weighted by Gasteiger charge is -2.34. The van der Waals surface area contributed by atoms with Crippen LogP contribution >= 0.6 is 0 Å². The van der Waals surface area contributed by atoms with E-state index in [0.29, 0.717) is 18.4 Å². The number of hydrogen-bond donors (Lipinski definition) is 0. The predicted octanol–water partition coefficient (Wildman–Crippen LogP) is 6.44. The zero-order valence-electron chi connectivity index (χ0n) is 25.4. The zero-order valence-corrected chi connectivity index (χ0v) is 25.4. The number of amides is 1. The van der Waals surface area contributed by atoms with Gasteiger partial charge in [-0.1, -0.05) is 6.08 Å². The van der Waals surface area contributed by atoms with E-state index in [9.17, 15) is 10.1 Å². The van der Waals surface area contributed by atoms with Crippen molar-refractivity contribution in [2.75, 3.05) is 25.1 Å². The van der Waals surface area contributed by atoms with Gasteiger partial charge in [0.25, 0.3) is 0 Å². The monoisotopic (exact) mass is 569 g/mol. The number of nitrogens with zero attached hydrogens (tertiary/aromatic N) is 5. The molecular formula is C34H43N5O3. The molecule has 4 heterocycles. The standard InChI is InChI=1S/C34H43N5O3/c1-21-16-27(17-22(2)36-21)33-23(3)39(34(40)42-33)20-30-28(11-13-32(37-30)38-14-5-15-38)29-18-26(10-12-31(29)41-4)25-8-6-24(19-35)7-9-25/h11-13,16,18,22-26,33H,5-10,14-15,17,20H2,1-4H3. The topological polar surface area (TPSA) is 91.1 Å². The van der Waals surface area contributed by atoms with Crippen molar-refractivity contribution in [2.45, 2.75) is 90.4 Å². The van der Waals surface area contributed by atoms with Crippen molar-refractivity contribution in [1.82, 2.24) is 9.88 Å². The van der Waals surface area contributed by atoms with Gasteiger partial charge >= 0.3 is 6.09 Å². The van der Waals surface area contributed by atoms with Crippen LogP contribution in [0, 0.1) is 29.1 Å². The van der Waals surface area contributed by atoms with Gasteiger partial charge in [-0.3, -0.25) is 9.89 Å². The fourth-order valence-corrected chi connectivity index (χ4v) is 7.37. The summed E-state index contributed by atoms with van der Waals surface area (Å²) in [5.41, 5.74) is 5.06. The molecule has 0 spiro atoms. The predicted molar refractivity (Wildman–Crippen MR) is 164 cm³/mol. The molecule has 4 unspecified atom stereocenters. The summed E-state index contributed by atoms with van der Waals surface area (Å²) in [4.78, 5) is 27.3. The number of carbonyl (C=O) groups is 1. The van der Waals surface area contributed by atoms with Crippen LogP contribution in [0.1, 0.15) is 77.0 Å². The normalized spacial score (nSPS) is 31.3. The number of methoxy groups -OCH3 is 1. The van der Waals surface area contributed by atoms with Crippen LogP contribution in [-0.4, -0.2) is 60.1 Å². The van der Waals surface area contributed by atoms with Crippen molar-refractivity contribution >= 4 is 23.2 Å². The maximum atomic E-state index is 13.3. The summed E-state index contributed by atoms with van der Waals surface area (Å²) >= 11 is 0. The van der Waals surface area contributed by atoms with E-state index in [1.807, 2.05) is 11.8 Å². The number of cyclic esters (lactones) is 1. The van der Waals surface area contributed by atoms with Crippen LogP contribution in [0.5, 0.6) is 0 Å². The van der Waals surface area contributed by atoms with E-state index >= 15 is 0 Å². The molecule has 1 aromatic rings. The molecule has 3 aliphatic heterocycles.